The van der Waals surface area contributed by atoms with E-state index in [1.165, 1.54) is 0 Å². The fraction of sp³-hybridized carbons (Fsp3) is 1.00. The summed E-state index contributed by atoms with van der Waals surface area (Å²) in [4.78, 5) is 0. The Hall–Kier alpha value is -0.160. The van der Waals surface area contributed by atoms with Crippen LogP contribution in [0.25, 0.3) is 0 Å². The van der Waals surface area contributed by atoms with Crippen LogP contribution in [0.1, 0.15) is 32.6 Å². The van der Waals surface area contributed by atoms with E-state index in [1.807, 2.05) is 6.92 Å². The lowest BCUT2D eigenvalue weighted by molar-refractivity contribution is -0.285. The Morgan fingerprint density at radius 2 is 1.87 bits per heavy atom. The largest absolute Gasteiger partial charge is 0.390 e. The monoisotopic (exact) mass is 216 g/mol. The van der Waals surface area contributed by atoms with Gasteiger partial charge in [0.15, 0.2) is 6.29 Å². The van der Waals surface area contributed by atoms with Crippen molar-refractivity contribution in [2.24, 2.45) is 5.92 Å². The van der Waals surface area contributed by atoms with Gasteiger partial charge in [0.05, 0.1) is 12.2 Å². The molecule has 2 N–H and O–H groups in total. The normalized spacial score (nSPS) is 47.8. The van der Waals surface area contributed by atoms with Crippen molar-refractivity contribution in [1.29, 1.82) is 0 Å². The molecule has 3 aliphatic rings. The van der Waals surface area contributed by atoms with Crippen molar-refractivity contribution in [2.45, 2.75) is 57.2 Å². The summed E-state index contributed by atoms with van der Waals surface area (Å²) in [5.74, 6) is 0.0398. The third kappa shape index (κ3) is 2.33. The van der Waals surface area contributed by atoms with E-state index in [9.17, 15) is 10.2 Å². The summed E-state index contributed by atoms with van der Waals surface area (Å²) >= 11 is 0. The summed E-state index contributed by atoms with van der Waals surface area (Å²) in [6, 6.07) is 0. The zero-order chi connectivity index (χ0) is 10.8. The smallest absolute Gasteiger partial charge is 0.186 e. The SMILES string of the molecule is CC1O[C@@H]2OCCCCCC1[C@H](O)C2O. The number of rotatable bonds is 0. The number of hydrogen-bond acceptors (Lipinski definition) is 4. The van der Waals surface area contributed by atoms with Gasteiger partial charge in [-0.05, 0) is 19.8 Å². The van der Waals surface area contributed by atoms with Crippen LogP contribution in [0.2, 0.25) is 0 Å². The Labute approximate surface area is 90.2 Å². The fourth-order valence-electron chi connectivity index (χ4n) is 2.49. The molecule has 0 aromatic heterocycles. The summed E-state index contributed by atoms with van der Waals surface area (Å²) in [6.45, 7) is 2.55. The lowest BCUT2D eigenvalue weighted by Gasteiger charge is -2.42. The molecule has 3 unspecified atom stereocenters. The van der Waals surface area contributed by atoms with Crippen LogP contribution in [0, 0.1) is 5.92 Å². The molecule has 3 saturated heterocycles. The van der Waals surface area contributed by atoms with Gasteiger partial charge in [0.25, 0.3) is 0 Å². The summed E-state index contributed by atoms with van der Waals surface area (Å²) in [5.41, 5.74) is 0. The number of aliphatic hydroxyl groups is 2. The molecule has 0 aliphatic carbocycles. The molecule has 3 aliphatic heterocycles. The van der Waals surface area contributed by atoms with Gasteiger partial charge in [-0.15, -0.1) is 0 Å². The van der Waals surface area contributed by atoms with Crippen LogP contribution in [-0.2, 0) is 9.47 Å². The van der Waals surface area contributed by atoms with Gasteiger partial charge in [-0.25, -0.2) is 0 Å². The van der Waals surface area contributed by atoms with Gasteiger partial charge in [0, 0.05) is 12.5 Å². The minimum atomic E-state index is -0.899. The van der Waals surface area contributed by atoms with Gasteiger partial charge in [0.2, 0.25) is 0 Å². The van der Waals surface area contributed by atoms with Crippen molar-refractivity contribution in [1.82, 2.24) is 0 Å². The first kappa shape index (κ1) is 11.3. The molecule has 3 heterocycles. The van der Waals surface area contributed by atoms with Crippen LogP contribution < -0.4 is 0 Å². The molecule has 3 rings (SSSR count). The Morgan fingerprint density at radius 1 is 1.07 bits per heavy atom. The first-order valence-corrected chi connectivity index (χ1v) is 5.83. The number of hydrogen-bond donors (Lipinski definition) is 2. The first-order valence-electron chi connectivity index (χ1n) is 5.83. The minimum Gasteiger partial charge on any atom is -0.390 e. The summed E-state index contributed by atoms with van der Waals surface area (Å²) in [6.07, 6.45) is 1.82. The Bertz CT molecular complexity index is 207. The molecule has 4 heteroatoms. The molecule has 0 aromatic rings. The molecule has 3 fully saturated rings. The van der Waals surface area contributed by atoms with Gasteiger partial charge < -0.3 is 19.7 Å². The Morgan fingerprint density at radius 3 is 2.67 bits per heavy atom. The molecular formula is C11H20O4. The van der Waals surface area contributed by atoms with Gasteiger partial charge in [-0.3, -0.25) is 0 Å². The zero-order valence-corrected chi connectivity index (χ0v) is 9.13. The summed E-state index contributed by atoms with van der Waals surface area (Å²) < 4.78 is 11.0. The van der Waals surface area contributed by atoms with Crippen molar-refractivity contribution in [3.63, 3.8) is 0 Å². The predicted octanol–water partition coefficient (Wildman–Crippen LogP) is 0.660. The van der Waals surface area contributed by atoms with Crippen molar-refractivity contribution in [3.05, 3.63) is 0 Å². The highest BCUT2D eigenvalue weighted by molar-refractivity contribution is 4.87. The molecule has 0 amide bonds. The molecule has 5 atom stereocenters. The quantitative estimate of drug-likeness (QED) is 0.624. The number of ether oxygens (including phenoxy) is 2. The third-order valence-corrected chi connectivity index (χ3v) is 3.48. The van der Waals surface area contributed by atoms with E-state index in [4.69, 9.17) is 9.47 Å². The van der Waals surface area contributed by atoms with Crippen LogP contribution in [0.5, 0.6) is 0 Å². The Kier molecular flexibility index (Phi) is 3.61. The molecule has 88 valence electrons. The molecular weight excluding hydrogens is 196 g/mol. The molecule has 0 radical (unpaired) electrons. The highest BCUT2D eigenvalue weighted by atomic mass is 16.7. The molecule has 0 saturated carbocycles. The topological polar surface area (TPSA) is 58.9 Å². The van der Waals surface area contributed by atoms with E-state index in [1.54, 1.807) is 0 Å². The second kappa shape index (κ2) is 4.78. The minimum absolute atomic E-state index is 0.0356. The van der Waals surface area contributed by atoms with Crippen molar-refractivity contribution >= 4 is 0 Å². The third-order valence-electron chi connectivity index (χ3n) is 3.48. The van der Waals surface area contributed by atoms with Crippen LogP contribution in [-0.4, -0.2) is 41.4 Å². The van der Waals surface area contributed by atoms with Gasteiger partial charge in [-0.1, -0.05) is 12.8 Å². The summed E-state index contributed by atoms with van der Waals surface area (Å²) in [7, 11) is 0. The molecule has 4 nitrogen and oxygen atoms in total. The zero-order valence-electron chi connectivity index (χ0n) is 9.13. The second-order valence-electron chi connectivity index (χ2n) is 4.57. The van der Waals surface area contributed by atoms with Crippen molar-refractivity contribution < 1.29 is 19.7 Å². The van der Waals surface area contributed by atoms with Gasteiger partial charge >= 0.3 is 0 Å². The van der Waals surface area contributed by atoms with E-state index < -0.39 is 18.5 Å². The average molecular weight is 216 g/mol. The fourth-order valence-corrected chi connectivity index (χ4v) is 2.49. The molecule has 0 spiro atoms. The predicted molar refractivity (Wildman–Crippen MR) is 54.3 cm³/mol. The lowest BCUT2D eigenvalue weighted by atomic mass is 9.85. The number of aliphatic hydroxyl groups excluding tert-OH is 2. The molecule has 15 heavy (non-hydrogen) atoms. The highest BCUT2D eigenvalue weighted by Gasteiger charge is 2.42. The van der Waals surface area contributed by atoms with E-state index in [0.717, 1.165) is 25.7 Å². The van der Waals surface area contributed by atoms with E-state index >= 15 is 0 Å². The number of fused-ring (bicyclic) bond motifs is 7. The van der Waals surface area contributed by atoms with Crippen LogP contribution in [0.4, 0.5) is 0 Å². The summed E-state index contributed by atoms with van der Waals surface area (Å²) in [5, 5.41) is 19.8. The maximum Gasteiger partial charge on any atom is 0.186 e. The van der Waals surface area contributed by atoms with Crippen LogP contribution in [0.15, 0.2) is 0 Å². The van der Waals surface area contributed by atoms with Crippen LogP contribution in [0.3, 0.4) is 0 Å². The molecule has 2 bridgehead atoms. The maximum atomic E-state index is 9.95. The second-order valence-corrected chi connectivity index (χ2v) is 4.57. The molecule has 0 aromatic carbocycles. The van der Waals surface area contributed by atoms with E-state index in [-0.39, 0.29) is 12.0 Å². The van der Waals surface area contributed by atoms with Crippen molar-refractivity contribution in [2.75, 3.05) is 6.61 Å². The van der Waals surface area contributed by atoms with E-state index in [0.29, 0.717) is 6.61 Å². The van der Waals surface area contributed by atoms with Gasteiger partial charge in [0.1, 0.15) is 6.10 Å². The van der Waals surface area contributed by atoms with E-state index in [2.05, 4.69) is 0 Å². The van der Waals surface area contributed by atoms with Crippen molar-refractivity contribution in [3.8, 4) is 0 Å². The highest BCUT2D eigenvalue weighted by Crippen LogP contribution is 2.31. The average Bonchev–Trinajstić information content (AvgIpc) is 2.23. The first-order chi connectivity index (χ1) is 7.20. The standard InChI is InChI=1S/C11H20O4/c1-7-8-5-3-2-4-6-14-11(15-7)10(13)9(8)12/h7-13H,2-6H2,1H3/t7?,8?,9-,10?,11-/m0/s1. The van der Waals surface area contributed by atoms with Crippen LogP contribution >= 0.6 is 0 Å². The van der Waals surface area contributed by atoms with Gasteiger partial charge in [-0.2, -0.15) is 0 Å². The lowest BCUT2D eigenvalue weighted by Crippen LogP contribution is -2.54. The Balaban J connectivity index is 2.10. The maximum absolute atomic E-state index is 9.95.